The molecule has 2 rings (SSSR count). The SMILES string of the molecule is CCC(C)NC(=O)C(C)N(Cc1cccc(Br)c1)C(=O)CN(c1ccc(Br)cc1)S(C)(=O)=O. The minimum Gasteiger partial charge on any atom is -0.352 e. The maximum atomic E-state index is 13.4. The van der Waals surface area contributed by atoms with E-state index in [9.17, 15) is 18.0 Å². The average molecular weight is 603 g/mol. The summed E-state index contributed by atoms with van der Waals surface area (Å²) < 4.78 is 27.7. The molecule has 0 aromatic heterocycles. The van der Waals surface area contributed by atoms with Crippen molar-refractivity contribution in [2.75, 3.05) is 17.1 Å². The Bertz CT molecular complexity index is 1080. The Labute approximate surface area is 212 Å². The van der Waals surface area contributed by atoms with Gasteiger partial charge in [0.2, 0.25) is 21.8 Å². The van der Waals surface area contributed by atoms with E-state index < -0.39 is 28.5 Å². The fourth-order valence-corrected chi connectivity index (χ4v) is 4.66. The quantitative estimate of drug-likeness (QED) is 0.439. The lowest BCUT2D eigenvalue weighted by Crippen LogP contribution is -2.52. The van der Waals surface area contributed by atoms with Gasteiger partial charge in [0.15, 0.2) is 0 Å². The fraction of sp³-hybridized carbons (Fsp3) is 0.391. The van der Waals surface area contributed by atoms with E-state index in [0.29, 0.717) is 5.69 Å². The van der Waals surface area contributed by atoms with Gasteiger partial charge in [0, 0.05) is 21.5 Å². The molecule has 0 heterocycles. The average Bonchev–Trinajstić information content (AvgIpc) is 2.75. The van der Waals surface area contributed by atoms with Gasteiger partial charge in [-0.25, -0.2) is 8.42 Å². The zero-order valence-electron chi connectivity index (χ0n) is 19.1. The van der Waals surface area contributed by atoms with E-state index in [1.54, 1.807) is 31.2 Å². The Hall–Kier alpha value is -1.91. The number of amides is 2. The lowest BCUT2D eigenvalue weighted by atomic mass is 10.1. The molecular formula is C23H29Br2N3O4S. The highest BCUT2D eigenvalue weighted by atomic mass is 79.9. The number of hydrogen-bond donors (Lipinski definition) is 1. The number of benzene rings is 2. The first kappa shape index (κ1) is 27.3. The van der Waals surface area contributed by atoms with E-state index in [-0.39, 0.29) is 18.5 Å². The summed E-state index contributed by atoms with van der Waals surface area (Å²) in [5.41, 5.74) is 1.18. The van der Waals surface area contributed by atoms with E-state index in [4.69, 9.17) is 0 Å². The van der Waals surface area contributed by atoms with E-state index in [1.807, 2.05) is 38.1 Å². The third-order valence-corrected chi connectivity index (χ3v) is 7.37. The van der Waals surface area contributed by atoms with Crippen LogP contribution in [0.1, 0.15) is 32.8 Å². The van der Waals surface area contributed by atoms with Gasteiger partial charge in [0.05, 0.1) is 11.9 Å². The Kier molecular flexibility index (Phi) is 9.93. The molecule has 0 aliphatic rings. The molecule has 2 aromatic carbocycles. The molecule has 0 fully saturated rings. The summed E-state index contributed by atoms with van der Waals surface area (Å²) >= 11 is 6.76. The minimum absolute atomic E-state index is 0.0435. The second-order valence-electron chi connectivity index (χ2n) is 7.89. The first-order chi connectivity index (χ1) is 15.4. The van der Waals surface area contributed by atoms with Crippen molar-refractivity contribution in [3.05, 3.63) is 63.0 Å². The summed E-state index contributed by atoms with van der Waals surface area (Å²) in [7, 11) is -3.75. The molecule has 2 amide bonds. The van der Waals surface area contributed by atoms with Crippen molar-refractivity contribution < 1.29 is 18.0 Å². The van der Waals surface area contributed by atoms with E-state index in [0.717, 1.165) is 31.5 Å². The summed E-state index contributed by atoms with van der Waals surface area (Å²) in [6.07, 6.45) is 1.81. The zero-order chi connectivity index (χ0) is 24.8. The van der Waals surface area contributed by atoms with Crippen LogP contribution in [0.3, 0.4) is 0 Å². The molecule has 33 heavy (non-hydrogen) atoms. The van der Waals surface area contributed by atoms with Crippen LogP contribution in [0.15, 0.2) is 57.5 Å². The van der Waals surface area contributed by atoms with Crippen molar-refractivity contribution in [3.63, 3.8) is 0 Å². The maximum absolute atomic E-state index is 13.4. The van der Waals surface area contributed by atoms with Crippen molar-refractivity contribution in [2.24, 2.45) is 0 Å². The van der Waals surface area contributed by atoms with Crippen LogP contribution in [0.4, 0.5) is 5.69 Å². The largest absolute Gasteiger partial charge is 0.352 e. The predicted molar refractivity (Wildman–Crippen MR) is 138 cm³/mol. The summed E-state index contributed by atoms with van der Waals surface area (Å²) in [5, 5.41) is 2.90. The predicted octanol–water partition coefficient (Wildman–Crippen LogP) is 4.31. The van der Waals surface area contributed by atoms with Crippen LogP contribution < -0.4 is 9.62 Å². The van der Waals surface area contributed by atoms with E-state index in [2.05, 4.69) is 37.2 Å². The second kappa shape index (κ2) is 12.0. The molecule has 180 valence electrons. The summed E-state index contributed by atoms with van der Waals surface area (Å²) in [4.78, 5) is 27.7. The smallest absolute Gasteiger partial charge is 0.244 e. The van der Waals surface area contributed by atoms with Gasteiger partial charge in [0.25, 0.3) is 0 Å². The summed E-state index contributed by atoms with van der Waals surface area (Å²) in [5.74, 6) is -0.766. The highest BCUT2D eigenvalue weighted by Gasteiger charge is 2.30. The number of sulfonamides is 1. The van der Waals surface area contributed by atoms with Crippen LogP contribution in [0, 0.1) is 0 Å². The monoisotopic (exact) mass is 601 g/mol. The normalized spacial score (nSPS) is 13.2. The lowest BCUT2D eigenvalue weighted by Gasteiger charge is -2.32. The van der Waals surface area contributed by atoms with Crippen molar-refractivity contribution in [3.8, 4) is 0 Å². The second-order valence-corrected chi connectivity index (χ2v) is 11.6. The van der Waals surface area contributed by atoms with Crippen molar-refractivity contribution in [1.29, 1.82) is 0 Å². The first-order valence-electron chi connectivity index (χ1n) is 10.5. The molecule has 2 aromatic rings. The highest BCUT2D eigenvalue weighted by Crippen LogP contribution is 2.22. The standard InChI is InChI=1S/C23H29Br2N3O4S/c1-5-16(2)26-23(30)17(3)27(14-18-7-6-8-20(25)13-18)22(29)15-28(33(4,31)32)21-11-9-19(24)10-12-21/h6-13,16-17H,5,14-15H2,1-4H3,(H,26,30). The van der Waals surface area contributed by atoms with Gasteiger partial charge in [-0.15, -0.1) is 0 Å². The molecule has 0 saturated carbocycles. The van der Waals surface area contributed by atoms with Gasteiger partial charge in [-0.3, -0.25) is 13.9 Å². The molecule has 0 saturated heterocycles. The number of nitrogens with zero attached hydrogens (tertiary/aromatic N) is 2. The third-order valence-electron chi connectivity index (χ3n) is 5.20. The Balaban J connectivity index is 2.37. The first-order valence-corrected chi connectivity index (χ1v) is 13.9. The molecule has 0 spiro atoms. The number of anilines is 1. The number of rotatable bonds is 10. The van der Waals surface area contributed by atoms with Gasteiger partial charge >= 0.3 is 0 Å². The molecule has 0 aliphatic carbocycles. The molecule has 1 N–H and O–H groups in total. The summed E-state index contributed by atoms with van der Waals surface area (Å²) in [6.45, 7) is 5.24. The van der Waals surface area contributed by atoms with Crippen LogP contribution >= 0.6 is 31.9 Å². The lowest BCUT2D eigenvalue weighted by molar-refractivity contribution is -0.139. The van der Waals surface area contributed by atoms with Crippen molar-refractivity contribution >= 4 is 59.4 Å². The fourth-order valence-electron chi connectivity index (χ4n) is 3.10. The van der Waals surface area contributed by atoms with Crippen LogP contribution in [-0.2, 0) is 26.2 Å². The summed E-state index contributed by atoms with van der Waals surface area (Å²) in [6, 6.07) is 13.3. The number of carbonyl (C=O) groups excluding carboxylic acids is 2. The Morgan fingerprint density at radius 3 is 2.21 bits per heavy atom. The van der Waals surface area contributed by atoms with Gasteiger partial charge in [-0.2, -0.15) is 0 Å². The Morgan fingerprint density at radius 1 is 1.03 bits per heavy atom. The molecule has 0 aliphatic heterocycles. The maximum Gasteiger partial charge on any atom is 0.244 e. The van der Waals surface area contributed by atoms with Gasteiger partial charge in [0.1, 0.15) is 12.6 Å². The van der Waals surface area contributed by atoms with Crippen molar-refractivity contribution in [1.82, 2.24) is 10.2 Å². The van der Waals surface area contributed by atoms with Gasteiger partial charge < -0.3 is 10.2 Å². The molecule has 2 unspecified atom stereocenters. The molecular weight excluding hydrogens is 574 g/mol. The van der Waals surface area contributed by atoms with Crippen LogP contribution in [-0.4, -0.2) is 50.0 Å². The van der Waals surface area contributed by atoms with Gasteiger partial charge in [-0.1, -0.05) is 50.9 Å². The molecule has 7 nitrogen and oxygen atoms in total. The molecule has 10 heteroatoms. The number of hydrogen-bond acceptors (Lipinski definition) is 4. The van der Waals surface area contributed by atoms with Crippen molar-refractivity contribution in [2.45, 2.75) is 45.8 Å². The topological polar surface area (TPSA) is 86.8 Å². The molecule has 0 radical (unpaired) electrons. The highest BCUT2D eigenvalue weighted by molar-refractivity contribution is 9.10. The van der Waals surface area contributed by atoms with Crippen LogP contribution in [0.25, 0.3) is 0 Å². The number of halogens is 2. The number of nitrogens with one attached hydrogen (secondary N) is 1. The van der Waals surface area contributed by atoms with Gasteiger partial charge in [-0.05, 0) is 62.2 Å². The zero-order valence-corrected chi connectivity index (χ0v) is 23.1. The molecule has 0 bridgehead atoms. The van der Waals surface area contributed by atoms with Crippen LogP contribution in [0.2, 0.25) is 0 Å². The Morgan fingerprint density at radius 2 is 1.67 bits per heavy atom. The van der Waals surface area contributed by atoms with E-state index in [1.165, 1.54) is 4.90 Å². The van der Waals surface area contributed by atoms with E-state index >= 15 is 0 Å². The number of carbonyl (C=O) groups is 2. The third kappa shape index (κ3) is 8.12. The minimum atomic E-state index is -3.75. The van der Waals surface area contributed by atoms with Crippen LogP contribution in [0.5, 0.6) is 0 Å². The molecule has 2 atom stereocenters.